The number of carboxylic acids is 1. The van der Waals surface area contributed by atoms with E-state index in [4.69, 9.17) is 0 Å². The Hall–Kier alpha value is -1.26. The predicted molar refractivity (Wildman–Crippen MR) is 78.7 cm³/mol. The lowest BCUT2D eigenvalue weighted by Crippen LogP contribution is -2.54. The average molecular weight is 284 g/mol. The zero-order valence-corrected chi connectivity index (χ0v) is 13.2. The summed E-state index contributed by atoms with van der Waals surface area (Å²) in [6, 6.07) is 0.197. The van der Waals surface area contributed by atoms with E-state index < -0.39 is 11.4 Å². The number of carbonyl (C=O) groups is 2. The van der Waals surface area contributed by atoms with Crippen LogP contribution in [-0.4, -0.2) is 53.1 Å². The van der Waals surface area contributed by atoms with E-state index in [0.717, 1.165) is 19.3 Å². The second-order valence-electron chi connectivity index (χ2n) is 5.83. The first-order valence-electron chi connectivity index (χ1n) is 7.67. The zero-order chi connectivity index (χ0) is 15.3. The number of piperidine rings is 1. The van der Waals surface area contributed by atoms with Crippen LogP contribution in [0.4, 0.5) is 4.79 Å². The molecule has 5 heteroatoms. The van der Waals surface area contributed by atoms with Crippen LogP contribution in [0.1, 0.15) is 52.9 Å². The molecule has 1 N–H and O–H groups in total. The Kier molecular flexibility index (Phi) is 5.84. The second kappa shape index (κ2) is 6.95. The van der Waals surface area contributed by atoms with Gasteiger partial charge in [0.25, 0.3) is 0 Å². The molecule has 0 saturated carbocycles. The predicted octanol–water partition coefficient (Wildman–Crippen LogP) is 2.80. The molecule has 1 rings (SSSR count). The molecule has 1 fully saturated rings. The van der Waals surface area contributed by atoms with Gasteiger partial charge in [0.2, 0.25) is 0 Å². The van der Waals surface area contributed by atoms with Crippen molar-refractivity contribution < 1.29 is 14.7 Å². The highest BCUT2D eigenvalue weighted by Gasteiger charge is 2.42. The molecular weight excluding hydrogens is 256 g/mol. The lowest BCUT2D eigenvalue weighted by molar-refractivity contribution is -0.152. The maximum atomic E-state index is 12.5. The maximum absolute atomic E-state index is 12.5. The molecule has 0 aromatic rings. The van der Waals surface area contributed by atoms with E-state index in [2.05, 4.69) is 13.8 Å². The van der Waals surface area contributed by atoms with Crippen LogP contribution in [0, 0.1) is 5.41 Å². The number of urea groups is 1. The standard InChI is InChI=1S/C15H28N2O3/c1-5-12(6-2)16(4)14(20)17-10-8-9-15(7-3,11-17)13(18)19/h12H,5-11H2,1-4H3,(H,18,19). The van der Waals surface area contributed by atoms with Gasteiger partial charge in [-0.15, -0.1) is 0 Å². The summed E-state index contributed by atoms with van der Waals surface area (Å²) >= 11 is 0. The van der Waals surface area contributed by atoms with Gasteiger partial charge in [0, 0.05) is 26.2 Å². The van der Waals surface area contributed by atoms with E-state index in [9.17, 15) is 14.7 Å². The highest BCUT2D eigenvalue weighted by molar-refractivity contribution is 5.79. The van der Waals surface area contributed by atoms with Gasteiger partial charge >= 0.3 is 12.0 Å². The Morgan fingerprint density at radius 1 is 1.30 bits per heavy atom. The number of likely N-dealkylation sites (tertiary alicyclic amines) is 1. The number of amides is 2. The van der Waals surface area contributed by atoms with Crippen molar-refractivity contribution in [2.45, 2.75) is 58.9 Å². The minimum Gasteiger partial charge on any atom is -0.481 e. The molecule has 0 bridgehead atoms. The average Bonchev–Trinajstić information content (AvgIpc) is 2.47. The number of carboxylic acid groups (broad SMARTS) is 1. The topological polar surface area (TPSA) is 60.9 Å². The van der Waals surface area contributed by atoms with Crippen LogP contribution in [0.5, 0.6) is 0 Å². The minimum atomic E-state index is -0.775. The van der Waals surface area contributed by atoms with E-state index in [0.29, 0.717) is 25.9 Å². The van der Waals surface area contributed by atoms with Crippen molar-refractivity contribution in [2.24, 2.45) is 5.41 Å². The van der Waals surface area contributed by atoms with Gasteiger partial charge < -0.3 is 14.9 Å². The Morgan fingerprint density at radius 3 is 2.35 bits per heavy atom. The Bertz CT molecular complexity index is 355. The number of hydrogen-bond acceptors (Lipinski definition) is 2. The number of rotatable bonds is 5. The molecule has 1 saturated heterocycles. The molecule has 1 heterocycles. The molecule has 0 aromatic heterocycles. The van der Waals surface area contributed by atoms with Crippen molar-refractivity contribution in [1.29, 1.82) is 0 Å². The van der Waals surface area contributed by atoms with Crippen LogP contribution in [0.25, 0.3) is 0 Å². The molecule has 0 aliphatic carbocycles. The van der Waals surface area contributed by atoms with Gasteiger partial charge in [0.15, 0.2) is 0 Å². The van der Waals surface area contributed by atoms with E-state index >= 15 is 0 Å². The van der Waals surface area contributed by atoms with Crippen LogP contribution in [0.15, 0.2) is 0 Å². The summed E-state index contributed by atoms with van der Waals surface area (Å²) in [5.41, 5.74) is -0.761. The van der Waals surface area contributed by atoms with Gasteiger partial charge in [-0.2, -0.15) is 0 Å². The summed E-state index contributed by atoms with van der Waals surface area (Å²) in [5.74, 6) is -0.775. The molecule has 0 spiro atoms. The largest absolute Gasteiger partial charge is 0.481 e. The zero-order valence-electron chi connectivity index (χ0n) is 13.2. The van der Waals surface area contributed by atoms with Gasteiger partial charge in [-0.05, 0) is 32.1 Å². The van der Waals surface area contributed by atoms with Crippen molar-refractivity contribution in [3.8, 4) is 0 Å². The van der Waals surface area contributed by atoms with Crippen molar-refractivity contribution in [3.05, 3.63) is 0 Å². The van der Waals surface area contributed by atoms with Gasteiger partial charge in [-0.25, -0.2) is 4.79 Å². The quantitative estimate of drug-likeness (QED) is 0.844. The van der Waals surface area contributed by atoms with Crippen molar-refractivity contribution in [2.75, 3.05) is 20.1 Å². The Morgan fingerprint density at radius 2 is 1.90 bits per heavy atom. The smallest absolute Gasteiger partial charge is 0.320 e. The summed E-state index contributed by atoms with van der Waals surface area (Å²) < 4.78 is 0. The Labute approximate surface area is 121 Å². The minimum absolute atomic E-state index is 0.0301. The fourth-order valence-corrected chi connectivity index (χ4v) is 3.13. The normalized spacial score (nSPS) is 22.9. The van der Waals surface area contributed by atoms with Crippen molar-refractivity contribution in [1.82, 2.24) is 9.80 Å². The molecule has 1 aliphatic rings. The first kappa shape index (κ1) is 16.8. The lowest BCUT2D eigenvalue weighted by atomic mass is 9.78. The number of hydrogen-bond donors (Lipinski definition) is 1. The van der Waals surface area contributed by atoms with Crippen LogP contribution in [-0.2, 0) is 4.79 Å². The molecule has 1 atom stereocenters. The summed E-state index contributed by atoms with van der Waals surface area (Å²) in [7, 11) is 1.82. The molecule has 0 aromatic carbocycles. The third-order valence-electron chi connectivity index (χ3n) is 4.77. The molecule has 116 valence electrons. The highest BCUT2D eigenvalue weighted by Crippen LogP contribution is 2.34. The van der Waals surface area contributed by atoms with Crippen LogP contribution in [0.2, 0.25) is 0 Å². The van der Waals surface area contributed by atoms with Gasteiger partial charge in [0.1, 0.15) is 0 Å². The first-order chi connectivity index (χ1) is 9.41. The summed E-state index contributed by atoms with van der Waals surface area (Å²) in [5, 5.41) is 9.48. The molecule has 2 amide bonds. The third kappa shape index (κ3) is 3.25. The van der Waals surface area contributed by atoms with Crippen molar-refractivity contribution in [3.63, 3.8) is 0 Å². The fraction of sp³-hybridized carbons (Fsp3) is 0.867. The summed E-state index contributed by atoms with van der Waals surface area (Å²) in [4.78, 5) is 27.6. The monoisotopic (exact) mass is 284 g/mol. The summed E-state index contributed by atoms with van der Waals surface area (Å²) in [6.07, 6.45) is 3.84. The third-order valence-corrected chi connectivity index (χ3v) is 4.77. The lowest BCUT2D eigenvalue weighted by Gasteiger charge is -2.42. The van der Waals surface area contributed by atoms with Crippen LogP contribution >= 0.6 is 0 Å². The molecular formula is C15H28N2O3. The first-order valence-corrected chi connectivity index (χ1v) is 7.67. The molecule has 0 radical (unpaired) electrons. The molecule has 1 unspecified atom stereocenters. The van der Waals surface area contributed by atoms with Crippen molar-refractivity contribution >= 4 is 12.0 Å². The summed E-state index contributed by atoms with van der Waals surface area (Å²) in [6.45, 7) is 7.04. The van der Waals surface area contributed by atoms with E-state index in [-0.39, 0.29) is 12.1 Å². The second-order valence-corrected chi connectivity index (χ2v) is 5.83. The maximum Gasteiger partial charge on any atom is 0.320 e. The van der Waals surface area contributed by atoms with Crippen LogP contribution < -0.4 is 0 Å². The Balaban J connectivity index is 2.81. The van der Waals surface area contributed by atoms with Gasteiger partial charge in [0.05, 0.1) is 5.41 Å². The van der Waals surface area contributed by atoms with Gasteiger partial charge in [-0.1, -0.05) is 20.8 Å². The van der Waals surface area contributed by atoms with E-state index in [1.165, 1.54) is 0 Å². The highest BCUT2D eigenvalue weighted by atomic mass is 16.4. The van der Waals surface area contributed by atoms with E-state index in [1.54, 1.807) is 9.80 Å². The fourth-order valence-electron chi connectivity index (χ4n) is 3.13. The molecule has 1 aliphatic heterocycles. The molecule has 5 nitrogen and oxygen atoms in total. The number of aliphatic carboxylic acids is 1. The SMILES string of the molecule is CCC(CC)N(C)C(=O)N1CCCC(CC)(C(=O)O)C1. The number of nitrogens with zero attached hydrogens (tertiary/aromatic N) is 2. The van der Waals surface area contributed by atoms with Crippen LogP contribution in [0.3, 0.4) is 0 Å². The molecule has 20 heavy (non-hydrogen) atoms. The van der Waals surface area contributed by atoms with Gasteiger partial charge in [-0.3, -0.25) is 4.79 Å². The van der Waals surface area contributed by atoms with E-state index in [1.807, 2.05) is 14.0 Å². The number of carbonyl (C=O) groups excluding carboxylic acids is 1.